The van der Waals surface area contributed by atoms with E-state index < -0.39 is 18.1 Å². The minimum Gasteiger partial charge on any atom is -0.344 e. The predicted molar refractivity (Wildman–Crippen MR) is 46.1 cm³/mol. The van der Waals surface area contributed by atoms with Crippen LogP contribution in [0.5, 0.6) is 0 Å². The van der Waals surface area contributed by atoms with Gasteiger partial charge in [-0.1, -0.05) is 12.8 Å². The van der Waals surface area contributed by atoms with Gasteiger partial charge >= 0.3 is 12.1 Å². The zero-order chi connectivity index (χ0) is 10.8. The number of amides is 1. The van der Waals surface area contributed by atoms with Crippen molar-refractivity contribution in [2.45, 2.75) is 43.3 Å². The molecule has 1 aliphatic carbocycles. The van der Waals surface area contributed by atoms with Crippen LogP contribution in [0.25, 0.3) is 0 Å². The van der Waals surface area contributed by atoms with Crippen LogP contribution >= 0.6 is 11.6 Å². The van der Waals surface area contributed by atoms with Gasteiger partial charge in [0.1, 0.15) is 0 Å². The number of rotatable bonds is 1. The highest BCUT2D eigenvalue weighted by atomic mass is 35.5. The van der Waals surface area contributed by atoms with Gasteiger partial charge in [0.05, 0.1) is 5.38 Å². The van der Waals surface area contributed by atoms with Crippen molar-refractivity contribution in [1.82, 2.24) is 5.32 Å². The van der Waals surface area contributed by atoms with E-state index in [-0.39, 0.29) is 5.38 Å². The van der Waals surface area contributed by atoms with Gasteiger partial charge in [-0.25, -0.2) is 0 Å². The highest BCUT2D eigenvalue weighted by Gasteiger charge is 2.40. The van der Waals surface area contributed by atoms with E-state index in [1.807, 2.05) is 5.32 Å². The summed E-state index contributed by atoms with van der Waals surface area (Å²) in [4.78, 5) is 10.6. The fraction of sp³-hybridized carbons (Fsp3) is 0.875. The average Bonchev–Trinajstić information content (AvgIpc) is 2.07. The normalized spacial score (nSPS) is 28.6. The summed E-state index contributed by atoms with van der Waals surface area (Å²) in [7, 11) is 0. The van der Waals surface area contributed by atoms with E-state index in [1.165, 1.54) is 0 Å². The van der Waals surface area contributed by atoms with Crippen LogP contribution in [-0.4, -0.2) is 23.5 Å². The SMILES string of the molecule is O=C(NC1CCCCC1Cl)C(F)(F)F. The first-order chi connectivity index (χ1) is 6.41. The van der Waals surface area contributed by atoms with Crippen molar-refractivity contribution in [3.63, 3.8) is 0 Å². The molecule has 14 heavy (non-hydrogen) atoms. The predicted octanol–water partition coefficient (Wildman–Crippen LogP) is 2.21. The van der Waals surface area contributed by atoms with Crippen LogP contribution in [0.2, 0.25) is 0 Å². The molecule has 1 fully saturated rings. The Balaban J connectivity index is 2.46. The molecule has 2 nitrogen and oxygen atoms in total. The van der Waals surface area contributed by atoms with E-state index in [1.54, 1.807) is 0 Å². The molecule has 1 rings (SSSR count). The van der Waals surface area contributed by atoms with Gasteiger partial charge in [0, 0.05) is 6.04 Å². The van der Waals surface area contributed by atoms with E-state index >= 15 is 0 Å². The zero-order valence-corrected chi connectivity index (χ0v) is 8.16. The molecule has 0 radical (unpaired) electrons. The number of nitrogens with one attached hydrogen (secondary N) is 1. The molecule has 0 spiro atoms. The fourth-order valence-electron chi connectivity index (χ4n) is 1.50. The van der Waals surface area contributed by atoms with Crippen molar-refractivity contribution in [2.75, 3.05) is 0 Å². The maximum atomic E-state index is 11.9. The van der Waals surface area contributed by atoms with E-state index in [0.717, 1.165) is 12.8 Å². The largest absolute Gasteiger partial charge is 0.471 e. The molecule has 1 aliphatic rings. The third-order valence-electron chi connectivity index (χ3n) is 2.26. The lowest BCUT2D eigenvalue weighted by atomic mass is 9.95. The summed E-state index contributed by atoms with van der Waals surface area (Å²) in [5.41, 5.74) is 0. The van der Waals surface area contributed by atoms with Crippen LogP contribution in [0.4, 0.5) is 13.2 Å². The molecule has 0 aromatic carbocycles. The van der Waals surface area contributed by atoms with Crippen LogP contribution in [0.3, 0.4) is 0 Å². The van der Waals surface area contributed by atoms with E-state index in [0.29, 0.717) is 12.8 Å². The first-order valence-corrected chi connectivity index (χ1v) is 4.86. The summed E-state index contributed by atoms with van der Waals surface area (Å²) >= 11 is 5.79. The standard InChI is InChI=1S/C8H11ClF3NO/c9-5-3-1-2-4-6(5)13-7(14)8(10,11)12/h5-6H,1-4H2,(H,13,14). The van der Waals surface area contributed by atoms with Crippen molar-refractivity contribution in [3.05, 3.63) is 0 Å². The number of alkyl halides is 4. The number of hydrogen-bond acceptors (Lipinski definition) is 1. The molecule has 0 aliphatic heterocycles. The number of carbonyl (C=O) groups excluding carboxylic acids is 1. The molecule has 6 heteroatoms. The highest BCUT2D eigenvalue weighted by molar-refractivity contribution is 6.21. The zero-order valence-electron chi connectivity index (χ0n) is 7.40. The van der Waals surface area contributed by atoms with E-state index in [9.17, 15) is 18.0 Å². The number of carbonyl (C=O) groups is 1. The summed E-state index contributed by atoms with van der Waals surface area (Å²) < 4.78 is 35.6. The molecule has 0 aromatic rings. The topological polar surface area (TPSA) is 29.1 Å². The molecule has 2 unspecified atom stereocenters. The lowest BCUT2D eigenvalue weighted by molar-refractivity contribution is -0.174. The summed E-state index contributed by atoms with van der Waals surface area (Å²) in [6.07, 6.45) is -1.91. The lowest BCUT2D eigenvalue weighted by Crippen LogP contribution is -2.48. The van der Waals surface area contributed by atoms with E-state index in [2.05, 4.69) is 0 Å². The molecule has 1 amide bonds. The van der Waals surface area contributed by atoms with Crippen molar-refractivity contribution in [2.24, 2.45) is 0 Å². The molecule has 0 aromatic heterocycles. The van der Waals surface area contributed by atoms with Crippen molar-refractivity contribution in [1.29, 1.82) is 0 Å². The summed E-state index contributed by atoms with van der Waals surface area (Å²) in [5.74, 6) is -1.89. The smallest absolute Gasteiger partial charge is 0.344 e. The fourth-order valence-corrected chi connectivity index (χ4v) is 1.84. The van der Waals surface area contributed by atoms with E-state index in [4.69, 9.17) is 11.6 Å². The molecular weight excluding hydrogens is 219 g/mol. The molecular formula is C8H11ClF3NO. The van der Waals surface area contributed by atoms with Crippen LogP contribution in [-0.2, 0) is 4.79 Å². The van der Waals surface area contributed by atoms with Crippen LogP contribution < -0.4 is 5.32 Å². The first kappa shape index (κ1) is 11.6. The third-order valence-corrected chi connectivity index (χ3v) is 2.78. The van der Waals surface area contributed by atoms with Crippen molar-refractivity contribution >= 4 is 17.5 Å². The van der Waals surface area contributed by atoms with Gasteiger partial charge < -0.3 is 5.32 Å². The van der Waals surface area contributed by atoms with Crippen LogP contribution in [0, 0.1) is 0 Å². The Kier molecular flexibility index (Phi) is 3.64. The quantitative estimate of drug-likeness (QED) is 0.687. The minimum absolute atomic E-state index is 0.380. The first-order valence-electron chi connectivity index (χ1n) is 4.43. The van der Waals surface area contributed by atoms with Gasteiger partial charge in [0.15, 0.2) is 0 Å². The van der Waals surface area contributed by atoms with Gasteiger partial charge in [-0.2, -0.15) is 13.2 Å². The Hall–Kier alpha value is -0.450. The summed E-state index contributed by atoms with van der Waals surface area (Å²) in [6, 6.07) is -0.542. The minimum atomic E-state index is -4.81. The van der Waals surface area contributed by atoms with Crippen molar-refractivity contribution < 1.29 is 18.0 Å². The van der Waals surface area contributed by atoms with Crippen LogP contribution in [0.15, 0.2) is 0 Å². The molecule has 1 N–H and O–H groups in total. The maximum absolute atomic E-state index is 11.9. The Labute approximate surface area is 84.8 Å². The van der Waals surface area contributed by atoms with Crippen LogP contribution in [0.1, 0.15) is 25.7 Å². The van der Waals surface area contributed by atoms with Gasteiger partial charge in [-0.3, -0.25) is 4.79 Å². The van der Waals surface area contributed by atoms with Gasteiger partial charge in [-0.05, 0) is 12.8 Å². The second-order valence-electron chi connectivity index (χ2n) is 3.38. The maximum Gasteiger partial charge on any atom is 0.471 e. The highest BCUT2D eigenvalue weighted by Crippen LogP contribution is 2.24. The molecule has 0 bridgehead atoms. The number of hydrogen-bond donors (Lipinski definition) is 1. The monoisotopic (exact) mass is 229 g/mol. The number of halogens is 4. The molecule has 0 saturated heterocycles. The molecule has 82 valence electrons. The second kappa shape index (κ2) is 4.38. The Bertz CT molecular complexity index is 219. The summed E-state index contributed by atoms with van der Waals surface area (Å²) in [6.45, 7) is 0. The third kappa shape index (κ3) is 3.04. The molecule has 1 saturated carbocycles. The Morgan fingerprint density at radius 1 is 1.29 bits per heavy atom. The van der Waals surface area contributed by atoms with Crippen molar-refractivity contribution in [3.8, 4) is 0 Å². The molecule has 2 atom stereocenters. The van der Waals surface area contributed by atoms with Gasteiger partial charge in [0.25, 0.3) is 0 Å². The second-order valence-corrected chi connectivity index (χ2v) is 3.94. The Morgan fingerprint density at radius 3 is 2.36 bits per heavy atom. The van der Waals surface area contributed by atoms with Gasteiger partial charge in [0.2, 0.25) is 0 Å². The lowest BCUT2D eigenvalue weighted by Gasteiger charge is -2.28. The molecule has 0 heterocycles. The Morgan fingerprint density at radius 2 is 1.86 bits per heavy atom. The summed E-state index contributed by atoms with van der Waals surface area (Å²) in [5, 5.41) is 1.53. The average molecular weight is 230 g/mol. The van der Waals surface area contributed by atoms with Gasteiger partial charge in [-0.15, -0.1) is 11.6 Å².